The van der Waals surface area contributed by atoms with Crippen LogP contribution in [0.4, 0.5) is 0 Å². The molecule has 0 aliphatic heterocycles. The molecule has 1 aliphatic carbocycles. The highest BCUT2D eigenvalue weighted by atomic mass is 35.5. The fourth-order valence-electron chi connectivity index (χ4n) is 2.54. The van der Waals surface area contributed by atoms with Gasteiger partial charge in [0.2, 0.25) is 0 Å². The molecule has 1 saturated carbocycles. The van der Waals surface area contributed by atoms with Crippen LogP contribution in [-0.4, -0.2) is 6.04 Å². The van der Waals surface area contributed by atoms with Crippen LogP contribution in [-0.2, 0) is 6.54 Å². The number of halogens is 1. The molecule has 0 aromatic heterocycles. The molecule has 1 aliphatic rings. The summed E-state index contributed by atoms with van der Waals surface area (Å²) in [6, 6.07) is 8.74. The Kier molecular flexibility index (Phi) is 3.88. The van der Waals surface area contributed by atoms with Crippen molar-refractivity contribution >= 4 is 11.6 Å². The summed E-state index contributed by atoms with van der Waals surface area (Å²) in [5, 5.41) is 4.50. The summed E-state index contributed by atoms with van der Waals surface area (Å²) >= 11 is 6.13. The quantitative estimate of drug-likeness (QED) is 0.842. The zero-order valence-corrected chi connectivity index (χ0v) is 10.8. The number of benzene rings is 1. The lowest BCUT2D eigenvalue weighted by Crippen LogP contribution is -2.31. The van der Waals surface area contributed by atoms with Crippen LogP contribution in [0.1, 0.15) is 32.3 Å². The van der Waals surface area contributed by atoms with Gasteiger partial charge in [-0.25, -0.2) is 0 Å². The Morgan fingerprint density at radius 3 is 2.62 bits per heavy atom. The number of hydrogen-bond acceptors (Lipinski definition) is 1. The molecule has 3 unspecified atom stereocenters. The predicted octanol–water partition coefficient (Wildman–Crippen LogP) is 3.86. The Balaban J connectivity index is 1.91. The van der Waals surface area contributed by atoms with Crippen LogP contribution >= 0.6 is 11.6 Å². The average molecular weight is 238 g/mol. The molecule has 1 fully saturated rings. The standard InChI is InChI=1S/C14H20ClN/c1-10-7-8-14(11(10)2)16-9-12-5-3-4-6-13(12)15/h3-6,10-11,14,16H,7-9H2,1-2H3. The zero-order chi connectivity index (χ0) is 11.5. The van der Waals surface area contributed by atoms with Crippen LogP contribution < -0.4 is 5.32 Å². The summed E-state index contributed by atoms with van der Waals surface area (Å²) in [6.07, 6.45) is 2.65. The molecule has 0 bridgehead atoms. The maximum atomic E-state index is 6.13. The summed E-state index contributed by atoms with van der Waals surface area (Å²) in [5.41, 5.74) is 1.20. The highest BCUT2D eigenvalue weighted by molar-refractivity contribution is 6.31. The molecule has 1 N–H and O–H groups in total. The van der Waals surface area contributed by atoms with E-state index in [1.165, 1.54) is 18.4 Å². The second-order valence-electron chi connectivity index (χ2n) is 4.99. The summed E-state index contributed by atoms with van der Waals surface area (Å²) < 4.78 is 0. The van der Waals surface area contributed by atoms with E-state index >= 15 is 0 Å². The van der Waals surface area contributed by atoms with Gasteiger partial charge in [-0.1, -0.05) is 43.6 Å². The largest absolute Gasteiger partial charge is 0.310 e. The summed E-state index contributed by atoms with van der Waals surface area (Å²) in [6.45, 7) is 5.59. The highest BCUT2D eigenvalue weighted by Crippen LogP contribution is 2.31. The van der Waals surface area contributed by atoms with Crippen molar-refractivity contribution in [3.8, 4) is 0 Å². The minimum absolute atomic E-state index is 0.659. The molecule has 0 spiro atoms. The Bertz CT molecular complexity index is 350. The van der Waals surface area contributed by atoms with E-state index in [-0.39, 0.29) is 0 Å². The van der Waals surface area contributed by atoms with Crippen molar-refractivity contribution in [3.63, 3.8) is 0 Å². The van der Waals surface area contributed by atoms with Crippen molar-refractivity contribution in [2.24, 2.45) is 11.8 Å². The van der Waals surface area contributed by atoms with Crippen LogP contribution in [0.15, 0.2) is 24.3 Å². The first-order valence-electron chi connectivity index (χ1n) is 6.15. The monoisotopic (exact) mass is 237 g/mol. The van der Waals surface area contributed by atoms with Gasteiger partial charge in [0.1, 0.15) is 0 Å². The van der Waals surface area contributed by atoms with E-state index in [2.05, 4.69) is 25.2 Å². The smallest absolute Gasteiger partial charge is 0.0450 e. The second-order valence-corrected chi connectivity index (χ2v) is 5.40. The van der Waals surface area contributed by atoms with E-state index in [0.717, 1.165) is 23.4 Å². The van der Waals surface area contributed by atoms with Gasteiger partial charge < -0.3 is 5.32 Å². The fourth-order valence-corrected chi connectivity index (χ4v) is 2.74. The highest BCUT2D eigenvalue weighted by Gasteiger charge is 2.28. The van der Waals surface area contributed by atoms with Crippen LogP contribution in [0.25, 0.3) is 0 Å². The van der Waals surface area contributed by atoms with E-state index in [0.29, 0.717) is 6.04 Å². The third-order valence-electron chi connectivity index (χ3n) is 3.98. The molecule has 3 atom stereocenters. The zero-order valence-electron chi connectivity index (χ0n) is 10.0. The van der Waals surface area contributed by atoms with Crippen molar-refractivity contribution in [2.75, 3.05) is 0 Å². The van der Waals surface area contributed by atoms with Crippen LogP contribution in [0.5, 0.6) is 0 Å². The van der Waals surface area contributed by atoms with Crippen molar-refractivity contribution in [2.45, 2.75) is 39.3 Å². The van der Waals surface area contributed by atoms with Gasteiger partial charge >= 0.3 is 0 Å². The number of rotatable bonds is 3. The first kappa shape index (κ1) is 11.9. The first-order chi connectivity index (χ1) is 7.68. The second kappa shape index (κ2) is 5.20. The Hall–Kier alpha value is -0.530. The van der Waals surface area contributed by atoms with E-state index < -0.39 is 0 Å². The Morgan fingerprint density at radius 1 is 1.25 bits per heavy atom. The molecule has 0 radical (unpaired) electrons. The summed E-state index contributed by atoms with van der Waals surface area (Å²) in [7, 11) is 0. The third kappa shape index (κ3) is 2.58. The molecule has 1 aromatic rings. The summed E-state index contributed by atoms with van der Waals surface area (Å²) in [4.78, 5) is 0. The Morgan fingerprint density at radius 2 is 2.00 bits per heavy atom. The molecule has 88 valence electrons. The van der Waals surface area contributed by atoms with Crippen LogP contribution in [0, 0.1) is 11.8 Å². The van der Waals surface area contributed by atoms with Gasteiger partial charge in [-0.15, -0.1) is 0 Å². The molecule has 1 nitrogen and oxygen atoms in total. The Labute approximate surface area is 103 Å². The van der Waals surface area contributed by atoms with Gasteiger partial charge in [0.15, 0.2) is 0 Å². The lowest BCUT2D eigenvalue weighted by molar-refractivity contribution is 0.370. The topological polar surface area (TPSA) is 12.0 Å². The van der Waals surface area contributed by atoms with Gasteiger partial charge in [0.25, 0.3) is 0 Å². The molecule has 1 aromatic carbocycles. The van der Waals surface area contributed by atoms with Crippen molar-refractivity contribution in [1.29, 1.82) is 0 Å². The normalized spacial score (nSPS) is 29.6. The number of hydrogen-bond donors (Lipinski definition) is 1. The molecule has 16 heavy (non-hydrogen) atoms. The first-order valence-corrected chi connectivity index (χ1v) is 6.53. The van der Waals surface area contributed by atoms with Crippen molar-refractivity contribution in [1.82, 2.24) is 5.32 Å². The molecular formula is C14H20ClN. The molecule has 0 amide bonds. The maximum absolute atomic E-state index is 6.13. The predicted molar refractivity (Wildman–Crippen MR) is 69.6 cm³/mol. The van der Waals surface area contributed by atoms with E-state index in [1.807, 2.05) is 18.2 Å². The molecule has 0 heterocycles. The van der Waals surface area contributed by atoms with Gasteiger partial charge in [-0.05, 0) is 36.3 Å². The molecule has 2 heteroatoms. The van der Waals surface area contributed by atoms with Crippen LogP contribution in [0.2, 0.25) is 5.02 Å². The van der Waals surface area contributed by atoms with E-state index in [4.69, 9.17) is 11.6 Å². The van der Waals surface area contributed by atoms with Gasteiger partial charge in [-0.2, -0.15) is 0 Å². The minimum Gasteiger partial charge on any atom is -0.310 e. The SMILES string of the molecule is CC1CCC(NCc2ccccc2Cl)C1C. The van der Waals surface area contributed by atoms with E-state index in [1.54, 1.807) is 0 Å². The maximum Gasteiger partial charge on any atom is 0.0450 e. The van der Waals surface area contributed by atoms with E-state index in [9.17, 15) is 0 Å². The van der Waals surface area contributed by atoms with Crippen LogP contribution in [0.3, 0.4) is 0 Å². The molecule has 0 saturated heterocycles. The van der Waals surface area contributed by atoms with Crippen molar-refractivity contribution < 1.29 is 0 Å². The minimum atomic E-state index is 0.659. The number of nitrogens with one attached hydrogen (secondary N) is 1. The lowest BCUT2D eigenvalue weighted by atomic mass is 9.98. The molecule has 2 rings (SSSR count). The third-order valence-corrected chi connectivity index (χ3v) is 4.35. The lowest BCUT2D eigenvalue weighted by Gasteiger charge is -2.20. The summed E-state index contributed by atoms with van der Waals surface area (Å²) in [5.74, 6) is 1.63. The average Bonchev–Trinajstić information content (AvgIpc) is 2.59. The van der Waals surface area contributed by atoms with Gasteiger partial charge in [-0.3, -0.25) is 0 Å². The van der Waals surface area contributed by atoms with Gasteiger partial charge in [0.05, 0.1) is 0 Å². The fraction of sp³-hybridized carbons (Fsp3) is 0.571. The molecular weight excluding hydrogens is 218 g/mol. The van der Waals surface area contributed by atoms with Gasteiger partial charge in [0, 0.05) is 17.6 Å². The van der Waals surface area contributed by atoms with Crippen molar-refractivity contribution in [3.05, 3.63) is 34.9 Å².